The Kier molecular flexibility index (Phi) is 5.86. The van der Waals surface area contributed by atoms with Gasteiger partial charge in [0.1, 0.15) is 0 Å². The maximum absolute atomic E-state index is 12.2. The van der Waals surface area contributed by atoms with E-state index in [1.807, 2.05) is 31.2 Å². The molecular formula is C15H24N2O. The van der Waals surface area contributed by atoms with E-state index in [2.05, 4.69) is 19.2 Å². The molecule has 0 bridgehead atoms. The van der Waals surface area contributed by atoms with Crippen molar-refractivity contribution in [3.05, 3.63) is 35.4 Å². The van der Waals surface area contributed by atoms with Crippen molar-refractivity contribution < 1.29 is 4.79 Å². The number of carbonyl (C=O) groups is 1. The van der Waals surface area contributed by atoms with E-state index < -0.39 is 0 Å². The first-order valence-corrected chi connectivity index (χ1v) is 6.59. The fourth-order valence-electron chi connectivity index (χ4n) is 2.00. The highest BCUT2D eigenvalue weighted by atomic mass is 16.1. The van der Waals surface area contributed by atoms with Crippen LogP contribution in [0.15, 0.2) is 24.3 Å². The molecule has 1 rings (SSSR count). The fraction of sp³-hybridized carbons (Fsp3) is 0.533. The monoisotopic (exact) mass is 248 g/mol. The van der Waals surface area contributed by atoms with Gasteiger partial charge in [-0.2, -0.15) is 0 Å². The Morgan fingerprint density at radius 1 is 1.33 bits per heavy atom. The molecule has 3 nitrogen and oxygen atoms in total. The zero-order chi connectivity index (χ0) is 13.5. The number of hydrogen-bond donors (Lipinski definition) is 2. The van der Waals surface area contributed by atoms with Gasteiger partial charge in [0, 0.05) is 6.54 Å². The molecule has 0 saturated heterocycles. The van der Waals surface area contributed by atoms with Crippen molar-refractivity contribution in [2.45, 2.75) is 33.1 Å². The van der Waals surface area contributed by atoms with Gasteiger partial charge in [0.25, 0.3) is 0 Å². The third-order valence-electron chi connectivity index (χ3n) is 3.02. The summed E-state index contributed by atoms with van der Waals surface area (Å²) in [5.74, 6) is 0.419. The van der Waals surface area contributed by atoms with Crippen LogP contribution < -0.4 is 11.1 Å². The molecule has 0 aliphatic carbocycles. The van der Waals surface area contributed by atoms with Crippen LogP contribution in [0.25, 0.3) is 0 Å². The number of amides is 1. The molecule has 0 fully saturated rings. The van der Waals surface area contributed by atoms with Crippen LogP contribution in [-0.4, -0.2) is 19.0 Å². The van der Waals surface area contributed by atoms with Crippen LogP contribution in [0.3, 0.4) is 0 Å². The van der Waals surface area contributed by atoms with Gasteiger partial charge < -0.3 is 11.1 Å². The highest BCUT2D eigenvalue weighted by molar-refractivity contribution is 5.84. The molecule has 3 heteroatoms. The summed E-state index contributed by atoms with van der Waals surface area (Å²) >= 11 is 0. The van der Waals surface area contributed by atoms with Crippen molar-refractivity contribution in [2.24, 2.45) is 11.7 Å². The Balaban J connectivity index is 2.82. The molecule has 1 atom stereocenters. The van der Waals surface area contributed by atoms with Crippen LogP contribution in [0, 0.1) is 12.8 Å². The van der Waals surface area contributed by atoms with Gasteiger partial charge in [-0.3, -0.25) is 4.79 Å². The number of nitrogens with one attached hydrogen (secondary N) is 1. The van der Waals surface area contributed by atoms with Gasteiger partial charge in [0.05, 0.1) is 5.92 Å². The average molecular weight is 248 g/mol. The molecule has 0 aliphatic rings. The lowest BCUT2D eigenvalue weighted by Gasteiger charge is -2.19. The Morgan fingerprint density at radius 2 is 2.00 bits per heavy atom. The van der Waals surface area contributed by atoms with Crippen LogP contribution >= 0.6 is 0 Å². The molecule has 1 unspecified atom stereocenters. The van der Waals surface area contributed by atoms with Crippen molar-refractivity contribution in [1.82, 2.24) is 5.32 Å². The molecule has 1 amide bonds. The van der Waals surface area contributed by atoms with Crippen LogP contribution in [-0.2, 0) is 4.79 Å². The predicted octanol–water partition coefficient (Wildman–Crippen LogP) is 2.20. The lowest BCUT2D eigenvalue weighted by molar-refractivity contribution is -0.122. The summed E-state index contributed by atoms with van der Waals surface area (Å²) < 4.78 is 0. The summed E-state index contributed by atoms with van der Waals surface area (Å²) in [7, 11) is 0. The number of rotatable bonds is 6. The molecule has 18 heavy (non-hydrogen) atoms. The van der Waals surface area contributed by atoms with Crippen LogP contribution in [0.1, 0.15) is 37.3 Å². The third kappa shape index (κ3) is 4.15. The van der Waals surface area contributed by atoms with E-state index in [9.17, 15) is 4.79 Å². The Labute approximate surface area is 110 Å². The van der Waals surface area contributed by atoms with Gasteiger partial charge in [-0.25, -0.2) is 0 Å². The summed E-state index contributed by atoms with van der Waals surface area (Å²) in [6.07, 6.45) is 0.689. The fourth-order valence-corrected chi connectivity index (χ4v) is 2.00. The molecule has 0 spiro atoms. The lowest BCUT2D eigenvalue weighted by atomic mass is 9.91. The summed E-state index contributed by atoms with van der Waals surface area (Å²) in [5, 5.41) is 3.00. The quantitative estimate of drug-likeness (QED) is 0.811. The largest absolute Gasteiger partial charge is 0.355 e. The van der Waals surface area contributed by atoms with Gasteiger partial charge >= 0.3 is 0 Å². The number of carbonyl (C=O) groups excluding carboxylic acids is 1. The molecule has 0 heterocycles. The Bertz CT molecular complexity index is 388. The molecule has 1 aromatic carbocycles. The SMILES string of the molecule is Cc1ccccc1C(CCN)C(=O)NCC(C)C. The van der Waals surface area contributed by atoms with E-state index in [0.29, 0.717) is 25.4 Å². The first-order chi connectivity index (χ1) is 8.56. The summed E-state index contributed by atoms with van der Waals surface area (Å²) in [4.78, 5) is 12.2. The van der Waals surface area contributed by atoms with Crippen molar-refractivity contribution in [1.29, 1.82) is 0 Å². The number of benzene rings is 1. The van der Waals surface area contributed by atoms with E-state index in [1.165, 1.54) is 0 Å². The second kappa shape index (κ2) is 7.17. The number of nitrogens with two attached hydrogens (primary N) is 1. The van der Waals surface area contributed by atoms with Crippen LogP contribution in [0.5, 0.6) is 0 Å². The summed E-state index contributed by atoms with van der Waals surface area (Å²) in [6.45, 7) is 7.45. The molecule has 0 aliphatic heterocycles. The minimum Gasteiger partial charge on any atom is -0.355 e. The Morgan fingerprint density at radius 3 is 2.56 bits per heavy atom. The first-order valence-electron chi connectivity index (χ1n) is 6.59. The lowest BCUT2D eigenvalue weighted by Crippen LogP contribution is -2.33. The number of aryl methyl sites for hydroxylation is 1. The van der Waals surface area contributed by atoms with Gasteiger partial charge in [0.15, 0.2) is 0 Å². The van der Waals surface area contributed by atoms with Crippen molar-refractivity contribution in [3.8, 4) is 0 Å². The predicted molar refractivity (Wildman–Crippen MR) is 75.4 cm³/mol. The maximum atomic E-state index is 12.2. The van der Waals surface area contributed by atoms with E-state index >= 15 is 0 Å². The zero-order valence-corrected chi connectivity index (χ0v) is 11.6. The molecule has 0 radical (unpaired) electrons. The molecule has 0 saturated carbocycles. The summed E-state index contributed by atoms with van der Waals surface area (Å²) in [5.41, 5.74) is 7.87. The van der Waals surface area contributed by atoms with Gasteiger partial charge in [-0.1, -0.05) is 38.1 Å². The van der Waals surface area contributed by atoms with E-state index in [-0.39, 0.29) is 11.8 Å². The van der Waals surface area contributed by atoms with Crippen molar-refractivity contribution in [3.63, 3.8) is 0 Å². The molecule has 1 aromatic rings. The highest BCUT2D eigenvalue weighted by Crippen LogP contribution is 2.22. The third-order valence-corrected chi connectivity index (χ3v) is 3.02. The Hall–Kier alpha value is -1.35. The van der Waals surface area contributed by atoms with Gasteiger partial charge in [0.2, 0.25) is 5.91 Å². The average Bonchev–Trinajstić information content (AvgIpc) is 2.34. The van der Waals surface area contributed by atoms with Gasteiger partial charge in [-0.05, 0) is 36.9 Å². The summed E-state index contributed by atoms with van der Waals surface area (Å²) in [6, 6.07) is 8.02. The zero-order valence-electron chi connectivity index (χ0n) is 11.6. The molecule has 0 aromatic heterocycles. The van der Waals surface area contributed by atoms with E-state index in [1.54, 1.807) is 0 Å². The topological polar surface area (TPSA) is 55.1 Å². The van der Waals surface area contributed by atoms with E-state index in [0.717, 1.165) is 11.1 Å². The van der Waals surface area contributed by atoms with Crippen LogP contribution in [0.4, 0.5) is 0 Å². The second-order valence-corrected chi connectivity index (χ2v) is 5.13. The smallest absolute Gasteiger partial charge is 0.227 e. The highest BCUT2D eigenvalue weighted by Gasteiger charge is 2.21. The minimum absolute atomic E-state index is 0.0865. The van der Waals surface area contributed by atoms with Crippen molar-refractivity contribution >= 4 is 5.91 Å². The molecule has 3 N–H and O–H groups in total. The number of hydrogen-bond acceptors (Lipinski definition) is 2. The normalized spacial score (nSPS) is 12.5. The van der Waals surface area contributed by atoms with Crippen LogP contribution in [0.2, 0.25) is 0 Å². The van der Waals surface area contributed by atoms with Gasteiger partial charge in [-0.15, -0.1) is 0 Å². The molecule has 100 valence electrons. The maximum Gasteiger partial charge on any atom is 0.227 e. The second-order valence-electron chi connectivity index (χ2n) is 5.13. The van der Waals surface area contributed by atoms with Crippen molar-refractivity contribution in [2.75, 3.05) is 13.1 Å². The standard InChI is InChI=1S/C15H24N2O/c1-11(2)10-17-15(18)14(8-9-16)13-7-5-4-6-12(13)3/h4-7,11,14H,8-10,16H2,1-3H3,(H,17,18). The van der Waals surface area contributed by atoms with E-state index in [4.69, 9.17) is 5.73 Å². The first kappa shape index (κ1) is 14.7. The minimum atomic E-state index is -0.130. The molecular weight excluding hydrogens is 224 g/mol.